The number of hydrogen-bond acceptors (Lipinski definition) is 8. The Morgan fingerprint density at radius 3 is 2.68 bits per heavy atom. The fourth-order valence-corrected chi connectivity index (χ4v) is 2.62. The molecule has 0 saturated carbocycles. The van der Waals surface area contributed by atoms with E-state index in [0.29, 0.717) is 17.7 Å². The molecule has 0 bridgehead atoms. The van der Waals surface area contributed by atoms with Gasteiger partial charge in [-0.05, 0) is 11.0 Å². The highest BCUT2D eigenvalue weighted by atomic mass is 16.6. The summed E-state index contributed by atoms with van der Waals surface area (Å²) in [5, 5.41) is 45.1. The van der Waals surface area contributed by atoms with Crippen LogP contribution in [0.2, 0.25) is 0 Å². The molecule has 1 aromatic carbocycles. The van der Waals surface area contributed by atoms with E-state index in [0.717, 1.165) is 5.56 Å². The first-order valence-corrected chi connectivity index (χ1v) is 7.93. The van der Waals surface area contributed by atoms with Gasteiger partial charge in [0.2, 0.25) is 0 Å². The molecule has 10 heteroatoms. The molecular weight excluding hydrogens is 329 g/mol. The van der Waals surface area contributed by atoms with Crippen LogP contribution in [-0.2, 0) is 22.6 Å². The highest BCUT2D eigenvalue weighted by Crippen LogP contribution is 2.18. The summed E-state index contributed by atoms with van der Waals surface area (Å²) in [4.78, 5) is 0. The van der Waals surface area contributed by atoms with Gasteiger partial charge in [0.25, 0.3) is 0 Å². The number of nitrogens with zero attached hydrogens (tertiary/aromatic N) is 3. The molecule has 2 aromatic rings. The number of aliphatic hydroxyl groups excluding tert-OH is 2. The summed E-state index contributed by atoms with van der Waals surface area (Å²) >= 11 is 0. The molecule has 2 heterocycles. The molecule has 134 valence electrons. The Hall–Kier alpha value is -1.82. The first kappa shape index (κ1) is 18.0. The minimum Gasteiger partial charge on any atom is -0.423 e. The summed E-state index contributed by atoms with van der Waals surface area (Å²) in [7, 11) is -1.48. The highest BCUT2D eigenvalue weighted by Gasteiger charge is 2.36. The van der Waals surface area contributed by atoms with E-state index < -0.39 is 25.4 Å². The van der Waals surface area contributed by atoms with Gasteiger partial charge in [0.15, 0.2) is 0 Å². The van der Waals surface area contributed by atoms with E-state index in [2.05, 4.69) is 10.3 Å². The Morgan fingerprint density at radius 2 is 2.04 bits per heavy atom. The van der Waals surface area contributed by atoms with E-state index in [4.69, 9.17) is 24.6 Å². The van der Waals surface area contributed by atoms with Crippen LogP contribution in [0.5, 0.6) is 0 Å². The van der Waals surface area contributed by atoms with Crippen LogP contribution in [0.15, 0.2) is 30.5 Å². The predicted octanol–water partition coefficient (Wildman–Crippen LogP) is -2.36. The van der Waals surface area contributed by atoms with Crippen molar-refractivity contribution in [2.24, 2.45) is 0 Å². The summed E-state index contributed by atoms with van der Waals surface area (Å²) in [5.41, 5.74) is 1.98. The zero-order valence-electron chi connectivity index (χ0n) is 13.5. The van der Waals surface area contributed by atoms with Crippen molar-refractivity contribution in [3.8, 4) is 0 Å². The van der Waals surface area contributed by atoms with Gasteiger partial charge in [-0.2, -0.15) is 0 Å². The van der Waals surface area contributed by atoms with Crippen LogP contribution in [0.1, 0.15) is 11.3 Å². The lowest BCUT2D eigenvalue weighted by molar-refractivity contribution is -0.0348. The molecular formula is C15H20BN3O6. The van der Waals surface area contributed by atoms with Crippen molar-refractivity contribution in [1.29, 1.82) is 0 Å². The molecule has 1 aliphatic heterocycles. The van der Waals surface area contributed by atoms with Crippen LogP contribution in [-0.4, -0.2) is 73.9 Å². The second-order valence-electron chi connectivity index (χ2n) is 5.92. The second-order valence-corrected chi connectivity index (χ2v) is 5.92. The lowest BCUT2D eigenvalue weighted by Crippen LogP contribution is -2.33. The smallest absolute Gasteiger partial charge is 0.423 e. The predicted molar refractivity (Wildman–Crippen MR) is 86.8 cm³/mol. The molecule has 1 aliphatic rings. The number of ether oxygens (including phenoxy) is 2. The maximum Gasteiger partial charge on any atom is 0.488 e. The average Bonchev–Trinajstić information content (AvgIpc) is 3.20. The number of aliphatic hydroxyl groups is 2. The number of hydrogen-bond donors (Lipinski definition) is 4. The van der Waals surface area contributed by atoms with E-state index in [9.17, 15) is 5.11 Å². The third-order valence-corrected chi connectivity index (χ3v) is 4.07. The first-order chi connectivity index (χ1) is 12.1. The average molecular weight is 349 g/mol. The summed E-state index contributed by atoms with van der Waals surface area (Å²) in [6.07, 6.45) is -0.234. The fraction of sp³-hybridized carbons (Fsp3) is 0.467. The lowest BCUT2D eigenvalue weighted by Gasteiger charge is -2.15. The Labute approximate surface area is 144 Å². The Kier molecular flexibility index (Phi) is 5.79. The summed E-state index contributed by atoms with van der Waals surface area (Å²) in [6, 6.07) is 6.85. The molecule has 4 N–H and O–H groups in total. The van der Waals surface area contributed by atoms with Crippen molar-refractivity contribution in [3.05, 3.63) is 41.7 Å². The quantitative estimate of drug-likeness (QED) is 0.409. The van der Waals surface area contributed by atoms with Crippen LogP contribution in [0.25, 0.3) is 0 Å². The van der Waals surface area contributed by atoms with Gasteiger partial charge in [-0.25, -0.2) is 4.68 Å². The monoisotopic (exact) mass is 349 g/mol. The normalized spacial score (nSPS) is 23.1. The Balaban J connectivity index is 1.52. The van der Waals surface area contributed by atoms with Crippen molar-refractivity contribution in [2.75, 3.05) is 13.2 Å². The molecule has 0 aliphatic carbocycles. The van der Waals surface area contributed by atoms with Crippen LogP contribution in [0.3, 0.4) is 0 Å². The van der Waals surface area contributed by atoms with E-state index in [-0.39, 0.29) is 19.8 Å². The van der Waals surface area contributed by atoms with E-state index in [1.807, 2.05) is 0 Å². The first-order valence-electron chi connectivity index (χ1n) is 7.93. The molecule has 1 saturated heterocycles. The zero-order valence-corrected chi connectivity index (χ0v) is 13.5. The molecule has 25 heavy (non-hydrogen) atoms. The molecule has 0 amide bonds. The summed E-state index contributed by atoms with van der Waals surface area (Å²) in [5.74, 6) is 0. The molecule has 0 radical (unpaired) electrons. The van der Waals surface area contributed by atoms with Crippen LogP contribution < -0.4 is 5.46 Å². The second kappa shape index (κ2) is 8.04. The van der Waals surface area contributed by atoms with Crippen molar-refractivity contribution >= 4 is 12.6 Å². The molecule has 0 spiro atoms. The van der Waals surface area contributed by atoms with Gasteiger partial charge in [0, 0.05) is 0 Å². The summed E-state index contributed by atoms with van der Waals surface area (Å²) in [6.45, 7) is 0.641. The molecule has 3 rings (SSSR count). The maximum absolute atomic E-state index is 9.90. The topological polar surface area (TPSA) is 130 Å². The SMILES string of the molecule is OC[C@H]1OCC(OCc2cn(Cc3ccc(B(O)O)cc3)nn2)C1O. The van der Waals surface area contributed by atoms with Gasteiger partial charge in [0.05, 0.1) is 32.6 Å². The van der Waals surface area contributed by atoms with Crippen LogP contribution >= 0.6 is 0 Å². The van der Waals surface area contributed by atoms with Gasteiger partial charge in [0.1, 0.15) is 24.0 Å². The standard InChI is InChI=1S/C15H20BN3O6/c20-7-13-15(21)14(9-25-13)24-8-12-6-19(18-17-12)5-10-1-3-11(4-2-10)16(22)23/h1-4,6,13-15,20-23H,5,7-9H2/t13-,14?,15?/m1/s1. The van der Waals surface area contributed by atoms with Gasteiger partial charge >= 0.3 is 7.12 Å². The van der Waals surface area contributed by atoms with Crippen LogP contribution in [0.4, 0.5) is 0 Å². The van der Waals surface area contributed by atoms with E-state index >= 15 is 0 Å². The van der Waals surface area contributed by atoms with Crippen molar-refractivity contribution < 1.29 is 29.7 Å². The molecule has 9 nitrogen and oxygen atoms in total. The van der Waals surface area contributed by atoms with Crippen molar-refractivity contribution in [2.45, 2.75) is 31.5 Å². The van der Waals surface area contributed by atoms with Gasteiger partial charge < -0.3 is 29.7 Å². The minimum atomic E-state index is -1.48. The van der Waals surface area contributed by atoms with Gasteiger partial charge in [-0.3, -0.25) is 0 Å². The maximum atomic E-state index is 9.90. The molecule has 1 fully saturated rings. The lowest BCUT2D eigenvalue weighted by atomic mass is 9.80. The minimum absolute atomic E-state index is 0.179. The third kappa shape index (κ3) is 4.43. The highest BCUT2D eigenvalue weighted by molar-refractivity contribution is 6.58. The summed E-state index contributed by atoms with van der Waals surface area (Å²) < 4.78 is 12.4. The van der Waals surface area contributed by atoms with Gasteiger partial charge in [-0.15, -0.1) is 5.10 Å². The molecule has 3 atom stereocenters. The van der Waals surface area contributed by atoms with Crippen molar-refractivity contribution in [1.82, 2.24) is 15.0 Å². The Bertz CT molecular complexity index is 680. The van der Waals surface area contributed by atoms with Crippen LogP contribution in [0, 0.1) is 0 Å². The number of rotatable bonds is 7. The zero-order chi connectivity index (χ0) is 17.8. The van der Waals surface area contributed by atoms with E-state index in [1.165, 1.54) is 0 Å². The third-order valence-electron chi connectivity index (χ3n) is 4.07. The van der Waals surface area contributed by atoms with Gasteiger partial charge in [-0.1, -0.05) is 29.5 Å². The number of aromatic nitrogens is 3. The Morgan fingerprint density at radius 1 is 1.28 bits per heavy atom. The van der Waals surface area contributed by atoms with Crippen molar-refractivity contribution in [3.63, 3.8) is 0 Å². The van der Waals surface area contributed by atoms with E-state index in [1.54, 1.807) is 35.1 Å². The molecule has 1 aromatic heterocycles. The molecule has 2 unspecified atom stereocenters. The largest absolute Gasteiger partial charge is 0.488 e. The number of benzene rings is 1. The fourth-order valence-electron chi connectivity index (χ4n) is 2.62.